The van der Waals surface area contributed by atoms with E-state index in [1.165, 1.54) is 0 Å². The Morgan fingerprint density at radius 2 is 2.35 bits per heavy atom. The number of aryl methyl sites for hydroxylation is 2. The third kappa shape index (κ3) is 3.67. The van der Waals surface area contributed by atoms with Gasteiger partial charge in [0.15, 0.2) is 0 Å². The van der Waals surface area contributed by atoms with Crippen molar-refractivity contribution in [1.29, 1.82) is 0 Å². The zero-order chi connectivity index (χ0) is 16.2. The number of carbonyl (C=O) groups excluding carboxylic acids is 1. The summed E-state index contributed by atoms with van der Waals surface area (Å²) in [4.78, 5) is 14.2. The Morgan fingerprint density at radius 3 is 3.04 bits per heavy atom. The van der Waals surface area contributed by atoms with Crippen molar-refractivity contribution in [2.75, 3.05) is 13.1 Å². The summed E-state index contributed by atoms with van der Waals surface area (Å²) in [5.41, 5.74) is 1.89. The van der Waals surface area contributed by atoms with Crippen LogP contribution < -0.4 is 4.74 Å². The van der Waals surface area contributed by atoms with Crippen LogP contribution in [0.25, 0.3) is 0 Å². The topological polar surface area (TPSA) is 81.4 Å². The number of rotatable bonds is 5. The standard InChI is InChI=1S/C16H20N4O3/c1-11-14(12(2)23-19-11)5-6-16(21)20-9-7-13(10-20)22-15-4-3-8-17-18-15/h3-4,8,13H,5-7,9-10H2,1-2H3/t13-/m0/s1. The van der Waals surface area contributed by atoms with Crippen molar-refractivity contribution in [2.45, 2.75) is 39.2 Å². The summed E-state index contributed by atoms with van der Waals surface area (Å²) in [7, 11) is 0. The summed E-state index contributed by atoms with van der Waals surface area (Å²) in [6, 6.07) is 3.55. The quantitative estimate of drug-likeness (QED) is 0.835. The van der Waals surface area contributed by atoms with Crippen LogP contribution in [0, 0.1) is 13.8 Å². The fourth-order valence-electron chi connectivity index (χ4n) is 2.82. The summed E-state index contributed by atoms with van der Waals surface area (Å²) in [6.07, 6.45) is 3.52. The Bertz CT molecular complexity index is 652. The number of amides is 1. The normalized spacial score (nSPS) is 17.5. The van der Waals surface area contributed by atoms with Crippen molar-refractivity contribution in [2.24, 2.45) is 0 Å². The first kappa shape index (κ1) is 15.5. The second kappa shape index (κ2) is 6.76. The summed E-state index contributed by atoms with van der Waals surface area (Å²) >= 11 is 0. The minimum atomic E-state index is -0.0188. The predicted octanol–water partition coefficient (Wildman–Crippen LogP) is 1.69. The number of aromatic nitrogens is 3. The van der Waals surface area contributed by atoms with E-state index in [2.05, 4.69) is 15.4 Å². The molecule has 7 heteroatoms. The fraction of sp³-hybridized carbons (Fsp3) is 0.500. The van der Waals surface area contributed by atoms with Crippen LogP contribution in [0.15, 0.2) is 22.9 Å². The molecular weight excluding hydrogens is 296 g/mol. The van der Waals surface area contributed by atoms with E-state index in [0.717, 1.165) is 23.4 Å². The molecule has 2 aromatic rings. The van der Waals surface area contributed by atoms with Gasteiger partial charge in [-0.15, -0.1) is 5.10 Å². The first-order chi connectivity index (χ1) is 11.1. The largest absolute Gasteiger partial charge is 0.471 e. The van der Waals surface area contributed by atoms with Crippen molar-refractivity contribution in [3.8, 4) is 5.88 Å². The van der Waals surface area contributed by atoms with Crippen LogP contribution in [0.5, 0.6) is 5.88 Å². The SMILES string of the molecule is Cc1noc(C)c1CCC(=O)N1CC[C@H](Oc2cccnn2)C1. The molecule has 0 aliphatic carbocycles. The molecule has 1 amide bonds. The van der Waals surface area contributed by atoms with Gasteiger partial charge in [-0.3, -0.25) is 4.79 Å². The molecular formula is C16H20N4O3. The second-order valence-electron chi connectivity index (χ2n) is 5.73. The van der Waals surface area contributed by atoms with E-state index in [1.54, 1.807) is 18.3 Å². The van der Waals surface area contributed by atoms with Crippen LogP contribution in [0.3, 0.4) is 0 Å². The van der Waals surface area contributed by atoms with Crippen molar-refractivity contribution in [1.82, 2.24) is 20.3 Å². The number of carbonyl (C=O) groups is 1. The lowest BCUT2D eigenvalue weighted by Crippen LogP contribution is -2.31. The highest BCUT2D eigenvalue weighted by molar-refractivity contribution is 5.76. The molecule has 3 rings (SSSR count). The van der Waals surface area contributed by atoms with E-state index in [4.69, 9.17) is 9.26 Å². The van der Waals surface area contributed by atoms with Gasteiger partial charge in [-0.25, -0.2) is 0 Å². The predicted molar refractivity (Wildman–Crippen MR) is 81.9 cm³/mol. The molecule has 3 heterocycles. The minimum Gasteiger partial charge on any atom is -0.471 e. The maximum atomic E-state index is 12.4. The number of ether oxygens (including phenoxy) is 1. The molecule has 2 aromatic heterocycles. The van der Waals surface area contributed by atoms with Crippen molar-refractivity contribution in [3.63, 3.8) is 0 Å². The van der Waals surface area contributed by atoms with Crippen molar-refractivity contribution < 1.29 is 14.1 Å². The molecule has 0 unspecified atom stereocenters. The third-order valence-corrected chi connectivity index (χ3v) is 4.10. The van der Waals surface area contributed by atoms with Crippen LogP contribution in [0.4, 0.5) is 0 Å². The summed E-state index contributed by atoms with van der Waals surface area (Å²) in [5.74, 6) is 1.43. The van der Waals surface area contributed by atoms with Crippen LogP contribution >= 0.6 is 0 Å². The van der Waals surface area contributed by atoms with Crippen LogP contribution in [-0.4, -0.2) is 45.4 Å². The average molecular weight is 316 g/mol. The third-order valence-electron chi connectivity index (χ3n) is 4.10. The molecule has 0 aromatic carbocycles. The summed E-state index contributed by atoms with van der Waals surface area (Å²) < 4.78 is 10.9. The van der Waals surface area contributed by atoms with Gasteiger partial charge in [0.25, 0.3) is 0 Å². The lowest BCUT2D eigenvalue weighted by Gasteiger charge is -2.16. The molecule has 7 nitrogen and oxygen atoms in total. The molecule has 1 aliphatic heterocycles. The van der Waals surface area contributed by atoms with Crippen LogP contribution in [0.2, 0.25) is 0 Å². The second-order valence-corrected chi connectivity index (χ2v) is 5.73. The smallest absolute Gasteiger partial charge is 0.233 e. The highest BCUT2D eigenvalue weighted by Gasteiger charge is 2.28. The van der Waals surface area contributed by atoms with Gasteiger partial charge in [-0.2, -0.15) is 5.10 Å². The molecule has 0 radical (unpaired) electrons. The maximum absolute atomic E-state index is 12.4. The Labute approximate surface area is 134 Å². The fourth-order valence-corrected chi connectivity index (χ4v) is 2.82. The van der Waals surface area contributed by atoms with E-state index in [0.29, 0.717) is 31.8 Å². The van der Waals surface area contributed by atoms with Gasteiger partial charge in [0.2, 0.25) is 11.8 Å². The monoisotopic (exact) mass is 316 g/mol. The highest BCUT2D eigenvalue weighted by Crippen LogP contribution is 2.19. The average Bonchev–Trinajstić information content (AvgIpc) is 3.14. The lowest BCUT2D eigenvalue weighted by atomic mass is 10.1. The van der Waals surface area contributed by atoms with E-state index >= 15 is 0 Å². The van der Waals surface area contributed by atoms with Gasteiger partial charge in [0, 0.05) is 37.2 Å². The summed E-state index contributed by atoms with van der Waals surface area (Å²) in [6.45, 7) is 5.08. The first-order valence-electron chi connectivity index (χ1n) is 7.77. The van der Waals surface area contributed by atoms with E-state index in [-0.39, 0.29) is 12.0 Å². The van der Waals surface area contributed by atoms with Gasteiger partial charge >= 0.3 is 0 Å². The van der Waals surface area contributed by atoms with E-state index < -0.39 is 0 Å². The molecule has 1 fully saturated rings. The number of hydrogen-bond acceptors (Lipinski definition) is 6. The number of hydrogen-bond donors (Lipinski definition) is 0. The van der Waals surface area contributed by atoms with Gasteiger partial charge < -0.3 is 14.2 Å². The molecule has 0 N–H and O–H groups in total. The Balaban J connectivity index is 1.49. The van der Waals surface area contributed by atoms with Crippen LogP contribution in [0.1, 0.15) is 29.9 Å². The lowest BCUT2D eigenvalue weighted by molar-refractivity contribution is -0.130. The molecule has 122 valence electrons. The molecule has 0 bridgehead atoms. The number of likely N-dealkylation sites (tertiary alicyclic amines) is 1. The van der Waals surface area contributed by atoms with E-state index in [1.807, 2.05) is 18.7 Å². The Morgan fingerprint density at radius 1 is 1.48 bits per heavy atom. The van der Waals surface area contributed by atoms with Gasteiger partial charge in [0.05, 0.1) is 12.2 Å². The van der Waals surface area contributed by atoms with Crippen molar-refractivity contribution >= 4 is 5.91 Å². The number of nitrogens with zero attached hydrogens (tertiary/aromatic N) is 4. The van der Waals surface area contributed by atoms with Gasteiger partial charge in [-0.05, 0) is 26.3 Å². The van der Waals surface area contributed by atoms with Gasteiger partial charge in [0.1, 0.15) is 11.9 Å². The van der Waals surface area contributed by atoms with E-state index in [9.17, 15) is 4.79 Å². The molecule has 0 spiro atoms. The first-order valence-corrected chi connectivity index (χ1v) is 7.77. The molecule has 0 saturated carbocycles. The zero-order valence-corrected chi connectivity index (χ0v) is 13.4. The zero-order valence-electron chi connectivity index (χ0n) is 13.4. The summed E-state index contributed by atoms with van der Waals surface area (Å²) in [5, 5.41) is 11.6. The molecule has 1 saturated heterocycles. The molecule has 1 atom stereocenters. The minimum absolute atomic E-state index is 0.0188. The maximum Gasteiger partial charge on any atom is 0.233 e. The van der Waals surface area contributed by atoms with Gasteiger partial charge in [-0.1, -0.05) is 5.16 Å². The molecule has 23 heavy (non-hydrogen) atoms. The highest BCUT2D eigenvalue weighted by atomic mass is 16.5. The Kier molecular flexibility index (Phi) is 4.55. The Hall–Kier alpha value is -2.44. The van der Waals surface area contributed by atoms with Crippen molar-refractivity contribution in [3.05, 3.63) is 35.3 Å². The van der Waals surface area contributed by atoms with Crippen LogP contribution in [-0.2, 0) is 11.2 Å². The molecule has 1 aliphatic rings.